The fourth-order valence-electron chi connectivity index (χ4n) is 1.26. The summed E-state index contributed by atoms with van der Waals surface area (Å²) in [6.45, 7) is 0. The Morgan fingerprint density at radius 1 is 1.00 bits per heavy atom. The maximum Gasteiger partial charge on any atom is 0.229 e. The SMILES string of the molecule is CN(C)c1nc(Cl)nc(-c2ccccc2)n1. The summed E-state index contributed by atoms with van der Waals surface area (Å²) in [7, 11) is 3.72. The molecule has 0 unspecified atom stereocenters. The molecule has 0 N–H and O–H groups in total. The largest absolute Gasteiger partial charge is 0.347 e. The van der Waals surface area contributed by atoms with Crippen LogP contribution in [0.25, 0.3) is 11.4 Å². The fourth-order valence-corrected chi connectivity index (χ4v) is 1.41. The zero-order chi connectivity index (χ0) is 11.5. The molecule has 0 bridgehead atoms. The van der Waals surface area contributed by atoms with Crippen LogP contribution in [0.15, 0.2) is 30.3 Å². The van der Waals surface area contributed by atoms with E-state index in [1.54, 1.807) is 4.90 Å². The van der Waals surface area contributed by atoms with Crippen molar-refractivity contribution < 1.29 is 0 Å². The first kappa shape index (κ1) is 10.8. The van der Waals surface area contributed by atoms with E-state index in [1.165, 1.54) is 0 Å². The number of hydrogen-bond acceptors (Lipinski definition) is 4. The average molecular weight is 235 g/mol. The number of hydrogen-bond donors (Lipinski definition) is 0. The summed E-state index contributed by atoms with van der Waals surface area (Å²) < 4.78 is 0. The monoisotopic (exact) mass is 234 g/mol. The molecular formula is C11H11ClN4. The molecule has 5 heteroatoms. The van der Waals surface area contributed by atoms with Crippen LogP contribution in [0.2, 0.25) is 5.28 Å². The molecule has 0 atom stereocenters. The molecule has 0 radical (unpaired) electrons. The van der Waals surface area contributed by atoms with Gasteiger partial charge in [0, 0.05) is 19.7 Å². The third-order valence-electron chi connectivity index (χ3n) is 2.03. The van der Waals surface area contributed by atoms with Gasteiger partial charge < -0.3 is 4.90 Å². The summed E-state index contributed by atoms with van der Waals surface area (Å²) in [4.78, 5) is 14.2. The number of halogens is 1. The van der Waals surface area contributed by atoms with E-state index in [0.29, 0.717) is 11.8 Å². The number of anilines is 1. The lowest BCUT2D eigenvalue weighted by Crippen LogP contribution is -2.13. The van der Waals surface area contributed by atoms with Crippen LogP contribution in [0.4, 0.5) is 5.95 Å². The second-order valence-corrected chi connectivity index (χ2v) is 3.83. The van der Waals surface area contributed by atoms with E-state index in [1.807, 2.05) is 44.4 Å². The van der Waals surface area contributed by atoms with Crippen LogP contribution < -0.4 is 4.90 Å². The molecule has 0 amide bonds. The molecule has 1 aromatic heterocycles. The molecule has 0 aliphatic rings. The normalized spacial score (nSPS) is 10.2. The predicted molar refractivity (Wildman–Crippen MR) is 64.6 cm³/mol. The molecule has 0 aliphatic carbocycles. The van der Waals surface area contributed by atoms with Gasteiger partial charge in [-0.05, 0) is 11.6 Å². The highest BCUT2D eigenvalue weighted by Gasteiger charge is 2.07. The van der Waals surface area contributed by atoms with Crippen molar-refractivity contribution in [3.05, 3.63) is 35.6 Å². The molecule has 0 aliphatic heterocycles. The summed E-state index contributed by atoms with van der Waals surface area (Å²) in [5, 5.41) is 0.206. The van der Waals surface area contributed by atoms with Gasteiger partial charge in [0.2, 0.25) is 11.2 Å². The van der Waals surface area contributed by atoms with Crippen molar-refractivity contribution in [1.82, 2.24) is 15.0 Å². The number of rotatable bonds is 2. The van der Waals surface area contributed by atoms with E-state index in [2.05, 4.69) is 15.0 Å². The number of aromatic nitrogens is 3. The van der Waals surface area contributed by atoms with Gasteiger partial charge in [-0.3, -0.25) is 0 Å². The van der Waals surface area contributed by atoms with E-state index in [-0.39, 0.29) is 5.28 Å². The molecule has 16 heavy (non-hydrogen) atoms. The van der Waals surface area contributed by atoms with E-state index in [9.17, 15) is 0 Å². The van der Waals surface area contributed by atoms with Gasteiger partial charge in [0.15, 0.2) is 5.82 Å². The van der Waals surface area contributed by atoms with Gasteiger partial charge in [0.25, 0.3) is 0 Å². The summed E-state index contributed by atoms with van der Waals surface area (Å²) >= 11 is 5.86. The average Bonchev–Trinajstić information content (AvgIpc) is 2.29. The van der Waals surface area contributed by atoms with E-state index in [0.717, 1.165) is 5.56 Å². The van der Waals surface area contributed by atoms with Gasteiger partial charge in [-0.1, -0.05) is 30.3 Å². The maximum atomic E-state index is 5.86. The van der Waals surface area contributed by atoms with Gasteiger partial charge in [0.1, 0.15) is 0 Å². The third-order valence-corrected chi connectivity index (χ3v) is 2.20. The van der Waals surface area contributed by atoms with Crippen molar-refractivity contribution in [3.63, 3.8) is 0 Å². The van der Waals surface area contributed by atoms with Crippen LogP contribution in [-0.4, -0.2) is 29.0 Å². The number of benzene rings is 1. The molecule has 82 valence electrons. The molecule has 0 saturated carbocycles. The van der Waals surface area contributed by atoms with Crippen molar-refractivity contribution in [2.75, 3.05) is 19.0 Å². The van der Waals surface area contributed by atoms with Crippen molar-refractivity contribution >= 4 is 17.5 Å². The first-order valence-corrected chi connectivity index (χ1v) is 5.19. The van der Waals surface area contributed by atoms with Crippen LogP contribution in [-0.2, 0) is 0 Å². The Balaban J connectivity index is 2.50. The Morgan fingerprint density at radius 3 is 2.31 bits per heavy atom. The molecule has 0 saturated heterocycles. The molecule has 0 spiro atoms. The topological polar surface area (TPSA) is 41.9 Å². The Labute approximate surface area is 98.9 Å². The van der Waals surface area contributed by atoms with Crippen molar-refractivity contribution in [2.24, 2.45) is 0 Å². The van der Waals surface area contributed by atoms with Crippen molar-refractivity contribution in [2.45, 2.75) is 0 Å². The Kier molecular flexibility index (Phi) is 3.01. The first-order chi connectivity index (χ1) is 7.66. The zero-order valence-electron chi connectivity index (χ0n) is 9.05. The predicted octanol–water partition coefficient (Wildman–Crippen LogP) is 2.26. The van der Waals surface area contributed by atoms with E-state index >= 15 is 0 Å². The lowest BCUT2D eigenvalue weighted by Gasteiger charge is -2.10. The van der Waals surface area contributed by atoms with Crippen molar-refractivity contribution in [1.29, 1.82) is 0 Å². The van der Waals surface area contributed by atoms with Gasteiger partial charge in [-0.2, -0.15) is 15.0 Å². The van der Waals surface area contributed by atoms with Gasteiger partial charge in [0.05, 0.1) is 0 Å². The summed E-state index contributed by atoms with van der Waals surface area (Å²) in [6, 6.07) is 9.68. The molecule has 0 fully saturated rings. The highest BCUT2D eigenvalue weighted by molar-refractivity contribution is 6.28. The quantitative estimate of drug-likeness (QED) is 0.799. The van der Waals surface area contributed by atoms with Crippen LogP contribution >= 0.6 is 11.6 Å². The second-order valence-electron chi connectivity index (χ2n) is 3.49. The molecular weight excluding hydrogens is 224 g/mol. The Morgan fingerprint density at radius 2 is 1.69 bits per heavy atom. The van der Waals surface area contributed by atoms with Crippen molar-refractivity contribution in [3.8, 4) is 11.4 Å². The highest BCUT2D eigenvalue weighted by Crippen LogP contribution is 2.18. The van der Waals surface area contributed by atoms with Crippen LogP contribution in [0.1, 0.15) is 0 Å². The smallest absolute Gasteiger partial charge is 0.229 e. The second kappa shape index (κ2) is 4.45. The van der Waals surface area contributed by atoms with Gasteiger partial charge >= 0.3 is 0 Å². The third kappa shape index (κ3) is 2.28. The van der Waals surface area contributed by atoms with E-state index < -0.39 is 0 Å². The summed E-state index contributed by atoms with van der Waals surface area (Å²) in [5.74, 6) is 1.14. The van der Waals surface area contributed by atoms with Gasteiger partial charge in [-0.25, -0.2) is 0 Å². The lowest BCUT2D eigenvalue weighted by atomic mass is 10.2. The number of nitrogens with zero attached hydrogens (tertiary/aromatic N) is 4. The van der Waals surface area contributed by atoms with Crippen LogP contribution in [0, 0.1) is 0 Å². The van der Waals surface area contributed by atoms with Crippen LogP contribution in [0.5, 0.6) is 0 Å². The van der Waals surface area contributed by atoms with Gasteiger partial charge in [-0.15, -0.1) is 0 Å². The minimum Gasteiger partial charge on any atom is -0.347 e. The minimum atomic E-state index is 0.206. The maximum absolute atomic E-state index is 5.86. The highest BCUT2D eigenvalue weighted by atomic mass is 35.5. The molecule has 1 aromatic carbocycles. The van der Waals surface area contributed by atoms with Crippen LogP contribution in [0.3, 0.4) is 0 Å². The molecule has 4 nitrogen and oxygen atoms in total. The summed E-state index contributed by atoms with van der Waals surface area (Å²) in [5.41, 5.74) is 0.926. The molecule has 1 heterocycles. The lowest BCUT2D eigenvalue weighted by molar-refractivity contribution is 0.962. The Hall–Kier alpha value is -1.68. The zero-order valence-corrected chi connectivity index (χ0v) is 9.81. The van der Waals surface area contributed by atoms with E-state index in [4.69, 9.17) is 11.6 Å². The fraction of sp³-hybridized carbons (Fsp3) is 0.182. The first-order valence-electron chi connectivity index (χ1n) is 4.81. The Bertz CT molecular complexity index is 485. The molecule has 2 rings (SSSR count). The summed E-state index contributed by atoms with van der Waals surface area (Å²) in [6.07, 6.45) is 0. The molecule has 2 aromatic rings. The minimum absolute atomic E-state index is 0.206. The standard InChI is InChI=1S/C11H11ClN4/c1-16(2)11-14-9(13-10(12)15-11)8-6-4-3-5-7-8/h3-7H,1-2H3.